The second-order valence-corrected chi connectivity index (χ2v) is 9.27. The summed E-state index contributed by atoms with van der Waals surface area (Å²) in [5.74, 6) is -1.46. The van der Waals surface area contributed by atoms with Crippen molar-refractivity contribution in [2.24, 2.45) is 0 Å². The van der Waals surface area contributed by atoms with E-state index in [2.05, 4.69) is 15.6 Å². The van der Waals surface area contributed by atoms with Gasteiger partial charge in [-0.3, -0.25) is 19.7 Å². The van der Waals surface area contributed by atoms with E-state index in [0.29, 0.717) is 22.1 Å². The van der Waals surface area contributed by atoms with Crippen LogP contribution in [0.4, 0.5) is 16.5 Å². The van der Waals surface area contributed by atoms with E-state index in [1.54, 1.807) is 36.4 Å². The maximum absolute atomic E-state index is 12.9. The number of carbonyl (C=O) groups excluding carboxylic acids is 3. The Kier molecular flexibility index (Phi) is 6.37. The van der Waals surface area contributed by atoms with Crippen LogP contribution in [0.3, 0.4) is 0 Å². The largest absolute Gasteiger partial charge is 0.350 e. The quantitative estimate of drug-likeness (QED) is 0.317. The van der Waals surface area contributed by atoms with Crippen LogP contribution >= 0.6 is 22.9 Å². The highest BCUT2D eigenvalue weighted by Crippen LogP contribution is 2.30. The van der Waals surface area contributed by atoms with Crippen LogP contribution in [0.1, 0.15) is 15.9 Å². The zero-order valence-corrected chi connectivity index (χ0v) is 20.6. The molecule has 9 heteroatoms. The predicted molar refractivity (Wildman–Crippen MR) is 142 cm³/mol. The fourth-order valence-corrected chi connectivity index (χ4v) is 4.56. The van der Waals surface area contributed by atoms with Gasteiger partial charge >= 0.3 is 0 Å². The summed E-state index contributed by atoms with van der Waals surface area (Å²) < 4.78 is 0. The van der Waals surface area contributed by atoms with Crippen LogP contribution in [0, 0.1) is 6.92 Å². The number of nitrogens with zero attached hydrogens (tertiary/aromatic N) is 2. The van der Waals surface area contributed by atoms with Crippen LogP contribution in [0.15, 0.2) is 95.0 Å². The van der Waals surface area contributed by atoms with Crippen LogP contribution in [-0.4, -0.2) is 22.7 Å². The number of halogens is 1. The average Bonchev–Trinajstić information content (AvgIpc) is 3.44. The molecule has 0 bridgehead atoms. The molecule has 1 aliphatic heterocycles. The van der Waals surface area contributed by atoms with Gasteiger partial charge in [0.1, 0.15) is 10.7 Å². The number of imide groups is 1. The van der Waals surface area contributed by atoms with E-state index in [-0.39, 0.29) is 16.6 Å². The van der Waals surface area contributed by atoms with Gasteiger partial charge < -0.3 is 5.32 Å². The molecule has 7 nitrogen and oxygen atoms in total. The summed E-state index contributed by atoms with van der Waals surface area (Å²) in [7, 11) is 0. The van der Waals surface area contributed by atoms with Gasteiger partial charge in [0.25, 0.3) is 17.7 Å². The molecule has 0 saturated carbocycles. The molecule has 2 heterocycles. The number of nitrogens with one attached hydrogen (secondary N) is 2. The van der Waals surface area contributed by atoms with Crippen LogP contribution in [0.5, 0.6) is 0 Å². The first kappa shape index (κ1) is 23.5. The number of rotatable bonds is 6. The van der Waals surface area contributed by atoms with E-state index in [9.17, 15) is 14.4 Å². The van der Waals surface area contributed by atoms with Gasteiger partial charge in [-0.15, -0.1) is 11.3 Å². The Balaban J connectivity index is 1.26. The second kappa shape index (κ2) is 9.77. The number of aryl methyl sites for hydroxylation is 1. The van der Waals surface area contributed by atoms with Crippen molar-refractivity contribution in [3.05, 3.63) is 106 Å². The summed E-state index contributed by atoms with van der Waals surface area (Å²) in [4.78, 5) is 43.7. The number of aromatic nitrogens is 1. The molecule has 0 spiro atoms. The van der Waals surface area contributed by atoms with Crippen molar-refractivity contribution in [1.82, 2.24) is 4.98 Å². The van der Waals surface area contributed by atoms with E-state index >= 15 is 0 Å². The highest BCUT2D eigenvalue weighted by Gasteiger charge is 2.38. The number of carbonyl (C=O) groups is 3. The fraction of sp³-hybridized carbons (Fsp3) is 0.0370. The summed E-state index contributed by atoms with van der Waals surface area (Å²) in [6.07, 6.45) is 0. The molecule has 4 aromatic rings. The zero-order chi connectivity index (χ0) is 25.2. The van der Waals surface area contributed by atoms with Crippen LogP contribution in [-0.2, 0) is 9.59 Å². The molecule has 3 aromatic carbocycles. The average molecular weight is 515 g/mol. The van der Waals surface area contributed by atoms with E-state index in [1.807, 2.05) is 54.8 Å². The van der Waals surface area contributed by atoms with Crippen LogP contribution in [0.2, 0.25) is 0 Å². The molecule has 2 N–H and O–H groups in total. The third kappa shape index (κ3) is 4.64. The fourth-order valence-electron chi connectivity index (χ4n) is 3.63. The molecule has 178 valence electrons. The summed E-state index contributed by atoms with van der Waals surface area (Å²) in [6, 6.07) is 23.2. The van der Waals surface area contributed by atoms with Crippen LogP contribution < -0.4 is 15.5 Å². The summed E-state index contributed by atoms with van der Waals surface area (Å²) >= 11 is 7.54. The summed E-state index contributed by atoms with van der Waals surface area (Å²) in [5.41, 5.74) is 4.10. The minimum Gasteiger partial charge on any atom is -0.350 e. The van der Waals surface area contributed by atoms with Gasteiger partial charge in [0.2, 0.25) is 0 Å². The van der Waals surface area contributed by atoms with Gasteiger partial charge in [0.15, 0.2) is 5.13 Å². The minimum atomic E-state index is -0.595. The van der Waals surface area contributed by atoms with Gasteiger partial charge in [-0.25, -0.2) is 9.88 Å². The molecule has 1 aromatic heterocycles. The standard InChI is InChI=1S/C27H19ClN4O3S/c1-16-7-13-20(14-8-16)32-25(34)22(28)23(26(32)35)29-19-11-9-18(10-12-19)24(33)31-27-30-21(15-36-27)17-5-3-2-4-6-17/h2-15,29H,1H3,(H,30,31,33). The van der Waals surface area contributed by atoms with Gasteiger partial charge in [-0.05, 0) is 43.3 Å². The van der Waals surface area contributed by atoms with Crippen LogP contribution in [0.25, 0.3) is 11.3 Å². The van der Waals surface area contributed by atoms with E-state index < -0.39 is 11.8 Å². The Bertz CT molecular complexity index is 1500. The number of hydrogen-bond donors (Lipinski definition) is 2. The number of benzene rings is 3. The molecule has 3 amide bonds. The zero-order valence-electron chi connectivity index (χ0n) is 19.0. The van der Waals surface area contributed by atoms with Gasteiger partial charge in [-0.1, -0.05) is 59.6 Å². The Labute approximate surface area is 216 Å². The van der Waals surface area contributed by atoms with Crippen molar-refractivity contribution in [2.75, 3.05) is 15.5 Å². The topological polar surface area (TPSA) is 91.4 Å². The van der Waals surface area contributed by atoms with E-state index in [4.69, 9.17) is 11.6 Å². The molecule has 0 aliphatic carbocycles. The van der Waals surface area contributed by atoms with Crippen molar-refractivity contribution >= 4 is 57.2 Å². The number of thiazole rings is 1. The normalized spacial score (nSPS) is 13.3. The second-order valence-electron chi connectivity index (χ2n) is 8.03. The Hall–Kier alpha value is -4.27. The smallest absolute Gasteiger partial charge is 0.283 e. The lowest BCUT2D eigenvalue weighted by Gasteiger charge is -2.15. The minimum absolute atomic E-state index is 0.0179. The first-order valence-corrected chi connectivity index (χ1v) is 12.2. The van der Waals surface area contributed by atoms with Crippen molar-refractivity contribution in [3.63, 3.8) is 0 Å². The first-order valence-electron chi connectivity index (χ1n) is 11.0. The number of amides is 3. The predicted octanol–water partition coefficient (Wildman–Crippen LogP) is 5.81. The molecule has 0 saturated heterocycles. The molecule has 0 atom stereocenters. The van der Waals surface area contributed by atoms with Crippen molar-refractivity contribution < 1.29 is 14.4 Å². The third-order valence-corrected chi connectivity index (χ3v) is 6.64. The SMILES string of the molecule is Cc1ccc(N2C(=O)C(Cl)=C(Nc3ccc(C(=O)Nc4nc(-c5ccccc5)cs4)cc3)C2=O)cc1. The van der Waals surface area contributed by atoms with E-state index in [0.717, 1.165) is 21.7 Å². The third-order valence-electron chi connectivity index (χ3n) is 5.53. The maximum Gasteiger partial charge on any atom is 0.283 e. The highest BCUT2D eigenvalue weighted by atomic mass is 35.5. The Morgan fingerprint density at radius 2 is 1.61 bits per heavy atom. The van der Waals surface area contributed by atoms with Gasteiger partial charge in [0.05, 0.1) is 11.4 Å². The van der Waals surface area contributed by atoms with Crippen molar-refractivity contribution in [2.45, 2.75) is 6.92 Å². The van der Waals surface area contributed by atoms with Gasteiger partial charge in [0, 0.05) is 22.2 Å². The van der Waals surface area contributed by atoms with Crippen molar-refractivity contribution in [1.29, 1.82) is 0 Å². The Morgan fingerprint density at radius 1 is 0.917 bits per heavy atom. The number of anilines is 3. The monoisotopic (exact) mass is 514 g/mol. The Morgan fingerprint density at radius 3 is 2.31 bits per heavy atom. The maximum atomic E-state index is 12.9. The molecule has 36 heavy (non-hydrogen) atoms. The molecular weight excluding hydrogens is 496 g/mol. The molecule has 1 aliphatic rings. The summed E-state index contributed by atoms with van der Waals surface area (Å²) in [5, 5.41) is 7.89. The molecule has 5 rings (SSSR count). The highest BCUT2D eigenvalue weighted by molar-refractivity contribution is 7.14. The molecular formula is C27H19ClN4O3S. The lowest BCUT2D eigenvalue weighted by molar-refractivity contribution is -0.120. The molecule has 0 fully saturated rings. The molecule has 0 radical (unpaired) electrons. The van der Waals surface area contributed by atoms with E-state index in [1.165, 1.54) is 11.3 Å². The molecule has 0 unspecified atom stereocenters. The van der Waals surface area contributed by atoms with Crippen molar-refractivity contribution in [3.8, 4) is 11.3 Å². The lowest BCUT2D eigenvalue weighted by atomic mass is 10.2. The number of hydrogen-bond acceptors (Lipinski definition) is 6. The van der Waals surface area contributed by atoms with Gasteiger partial charge in [-0.2, -0.15) is 0 Å². The first-order chi connectivity index (χ1) is 17.4. The summed E-state index contributed by atoms with van der Waals surface area (Å²) in [6.45, 7) is 1.92. The lowest BCUT2D eigenvalue weighted by Crippen LogP contribution is -2.32.